The third kappa shape index (κ3) is 2.74. The number of amides is 1. The van der Waals surface area contributed by atoms with Crippen LogP contribution in [0.15, 0.2) is 24.4 Å². The SMILES string of the molecule is Cn1cc(C(=O)Nc2cccc3c2C2CCC(C(Cl)Cl)C32C)c(C(F)(F)F)n1. The Morgan fingerprint density at radius 1 is 1.36 bits per heavy atom. The minimum Gasteiger partial charge on any atom is -0.322 e. The summed E-state index contributed by atoms with van der Waals surface area (Å²) < 4.78 is 40.5. The highest BCUT2D eigenvalue weighted by Crippen LogP contribution is 2.66. The van der Waals surface area contributed by atoms with E-state index in [9.17, 15) is 18.0 Å². The minimum atomic E-state index is -4.71. The summed E-state index contributed by atoms with van der Waals surface area (Å²) in [4.78, 5) is 12.1. The van der Waals surface area contributed by atoms with Crippen LogP contribution in [0.25, 0.3) is 0 Å². The van der Waals surface area contributed by atoms with Crippen molar-refractivity contribution in [2.75, 3.05) is 5.32 Å². The zero-order valence-electron chi connectivity index (χ0n) is 15.1. The van der Waals surface area contributed by atoms with Gasteiger partial charge in [0.25, 0.3) is 5.91 Å². The van der Waals surface area contributed by atoms with Crippen molar-refractivity contribution in [2.45, 2.75) is 42.1 Å². The van der Waals surface area contributed by atoms with Crippen molar-refractivity contribution in [1.29, 1.82) is 0 Å². The van der Waals surface area contributed by atoms with Gasteiger partial charge in [0.05, 0.1) is 5.56 Å². The molecule has 9 heteroatoms. The Balaban J connectivity index is 1.67. The van der Waals surface area contributed by atoms with Gasteiger partial charge in [-0.05, 0) is 41.9 Å². The zero-order chi connectivity index (χ0) is 20.4. The zero-order valence-corrected chi connectivity index (χ0v) is 16.7. The van der Waals surface area contributed by atoms with Crippen LogP contribution < -0.4 is 5.32 Å². The molecule has 0 aliphatic heterocycles. The molecule has 4 nitrogen and oxygen atoms in total. The summed E-state index contributed by atoms with van der Waals surface area (Å²) >= 11 is 12.4. The van der Waals surface area contributed by atoms with E-state index < -0.39 is 28.2 Å². The lowest BCUT2D eigenvalue weighted by Crippen LogP contribution is -2.44. The molecule has 2 aromatic rings. The van der Waals surface area contributed by atoms with E-state index in [0.717, 1.165) is 34.8 Å². The molecule has 0 bridgehead atoms. The number of alkyl halides is 5. The largest absolute Gasteiger partial charge is 0.435 e. The van der Waals surface area contributed by atoms with Crippen molar-refractivity contribution in [2.24, 2.45) is 13.0 Å². The van der Waals surface area contributed by atoms with Crippen molar-refractivity contribution in [3.8, 4) is 0 Å². The second-order valence-electron chi connectivity index (χ2n) is 7.64. The van der Waals surface area contributed by atoms with Crippen molar-refractivity contribution in [1.82, 2.24) is 9.78 Å². The van der Waals surface area contributed by atoms with E-state index in [2.05, 4.69) is 17.3 Å². The van der Waals surface area contributed by atoms with E-state index in [4.69, 9.17) is 23.2 Å². The molecular formula is C19H18Cl2F3N3O. The molecule has 1 heterocycles. The van der Waals surface area contributed by atoms with Crippen molar-refractivity contribution in [3.05, 3.63) is 46.8 Å². The second-order valence-corrected chi connectivity index (χ2v) is 8.80. The summed E-state index contributed by atoms with van der Waals surface area (Å²) in [5.41, 5.74) is 0.665. The number of benzene rings is 1. The van der Waals surface area contributed by atoms with Crippen LogP contribution in [0.2, 0.25) is 0 Å². The first-order valence-corrected chi connectivity index (χ1v) is 9.76. The molecule has 1 aromatic heterocycles. The fourth-order valence-corrected chi connectivity index (χ4v) is 5.69. The number of nitrogens with one attached hydrogen (secondary N) is 1. The van der Waals surface area contributed by atoms with Crippen LogP contribution in [0.3, 0.4) is 0 Å². The van der Waals surface area contributed by atoms with Gasteiger partial charge in [-0.2, -0.15) is 18.3 Å². The van der Waals surface area contributed by atoms with Gasteiger partial charge in [-0.15, -0.1) is 23.2 Å². The number of carbonyl (C=O) groups is 1. The predicted octanol–water partition coefficient (Wildman–Crippen LogP) is 5.26. The summed E-state index contributed by atoms with van der Waals surface area (Å²) in [5, 5.41) is 6.05. The highest BCUT2D eigenvalue weighted by Gasteiger charge is 2.59. The monoisotopic (exact) mass is 431 g/mol. The van der Waals surface area contributed by atoms with E-state index in [1.165, 1.54) is 7.05 Å². The van der Waals surface area contributed by atoms with Crippen LogP contribution in [-0.2, 0) is 18.6 Å². The number of aryl methyl sites for hydroxylation is 1. The molecule has 1 amide bonds. The van der Waals surface area contributed by atoms with Gasteiger partial charge in [0.15, 0.2) is 5.69 Å². The Kier molecular flexibility index (Phi) is 4.47. The molecule has 3 atom stereocenters. The Bertz CT molecular complexity index is 956. The number of nitrogens with zero attached hydrogens (tertiary/aromatic N) is 2. The average Bonchev–Trinajstić information content (AvgIpc) is 3.12. The standard InChI is InChI=1S/C19H18Cl2F3N3O/c1-18-10-4-3-5-13(14(10)11(18)6-7-12(18)16(20)21)25-17(28)9-8-27(2)26-15(9)19(22,23)24/h3-5,8,11-12,16H,6-7H2,1-2H3,(H,25,28). The highest BCUT2D eigenvalue weighted by atomic mass is 35.5. The first-order valence-electron chi connectivity index (χ1n) is 8.89. The molecule has 28 heavy (non-hydrogen) atoms. The lowest BCUT2D eigenvalue weighted by atomic mass is 9.55. The molecule has 0 spiro atoms. The number of rotatable bonds is 3. The molecular weight excluding hydrogens is 414 g/mol. The van der Waals surface area contributed by atoms with Gasteiger partial charge in [-0.25, -0.2) is 0 Å². The Labute approximate surface area is 170 Å². The lowest BCUT2D eigenvalue weighted by Gasteiger charge is -2.49. The second kappa shape index (κ2) is 6.39. The molecule has 150 valence electrons. The molecule has 3 unspecified atom stereocenters. The predicted molar refractivity (Wildman–Crippen MR) is 101 cm³/mol. The van der Waals surface area contributed by atoms with E-state index in [1.807, 2.05) is 6.07 Å². The van der Waals surface area contributed by atoms with Crippen LogP contribution in [0.1, 0.15) is 52.9 Å². The average molecular weight is 432 g/mol. The molecule has 0 radical (unpaired) electrons. The molecule has 2 aliphatic rings. The van der Waals surface area contributed by atoms with Gasteiger partial charge in [0.1, 0.15) is 4.84 Å². The van der Waals surface area contributed by atoms with Crippen LogP contribution in [0.5, 0.6) is 0 Å². The molecule has 1 aromatic carbocycles. The normalized spacial score (nSPS) is 26.0. The third-order valence-electron chi connectivity index (χ3n) is 6.19. The minimum absolute atomic E-state index is 0.106. The summed E-state index contributed by atoms with van der Waals surface area (Å²) in [7, 11) is 1.35. The van der Waals surface area contributed by atoms with E-state index in [0.29, 0.717) is 5.69 Å². The van der Waals surface area contributed by atoms with Gasteiger partial charge >= 0.3 is 6.18 Å². The maximum Gasteiger partial charge on any atom is 0.435 e. The first-order chi connectivity index (χ1) is 13.0. The number of halogens is 5. The summed E-state index contributed by atoms with van der Waals surface area (Å²) in [6.45, 7) is 2.11. The molecule has 2 aliphatic carbocycles. The fraction of sp³-hybridized carbons (Fsp3) is 0.474. The van der Waals surface area contributed by atoms with Crippen LogP contribution in [-0.4, -0.2) is 20.5 Å². The van der Waals surface area contributed by atoms with Gasteiger partial charge in [-0.3, -0.25) is 9.48 Å². The Morgan fingerprint density at radius 2 is 2.07 bits per heavy atom. The van der Waals surface area contributed by atoms with Crippen LogP contribution >= 0.6 is 23.2 Å². The smallest absolute Gasteiger partial charge is 0.322 e. The Hall–Kier alpha value is -1.73. The highest BCUT2D eigenvalue weighted by molar-refractivity contribution is 6.44. The van der Waals surface area contributed by atoms with Crippen molar-refractivity contribution in [3.63, 3.8) is 0 Å². The molecule has 1 fully saturated rings. The maximum atomic E-state index is 13.2. The number of hydrogen-bond donors (Lipinski definition) is 1. The topological polar surface area (TPSA) is 46.9 Å². The molecule has 4 rings (SSSR count). The molecule has 0 saturated heterocycles. The molecule has 1 N–H and O–H groups in total. The number of aromatic nitrogens is 2. The Morgan fingerprint density at radius 3 is 2.71 bits per heavy atom. The summed E-state index contributed by atoms with van der Waals surface area (Å²) in [5.74, 6) is -0.557. The summed E-state index contributed by atoms with van der Waals surface area (Å²) in [6.07, 6.45) is -1.89. The van der Waals surface area contributed by atoms with Crippen LogP contribution in [0, 0.1) is 5.92 Å². The first kappa shape index (κ1) is 19.6. The maximum absolute atomic E-state index is 13.2. The summed E-state index contributed by atoms with van der Waals surface area (Å²) in [6, 6.07) is 5.48. The molecule has 1 saturated carbocycles. The van der Waals surface area contributed by atoms with Crippen LogP contribution in [0.4, 0.5) is 18.9 Å². The van der Waals surface area contributed by atoms with Gasteiger partial charge in [-0.1, -0.05) is 19.1 Å². The number of anilines is 1. The van der Waals surface area contributed by atoms with Gasteiger partial charge in [0.2, 0.25) is 0 Å². The number of hydrogen-bond acceptors (Lipinski definition) is 2. The third-order valence-corrected chi connectivity index (χ3v) is 6.80. The van der Waals surface area contributed by atoms with E-state index >= 15 is 0 Å². The van der Waals surface area contributed by atoms with Crippen molar-refractivity contribution >= 4 is 34.8 Å². The number of fused-ring (bicyclic) bond motifs is 4. The van der Waals surface area contributed by atoms with Gasteiger partial charge < -0.3 is 5.32 Å². The van der Waals surface area contributed by atoms with Crippen molar-refractivity contribution < 1.29 is 18.0 Å². The van der Waals surface area contributed by atoms with E-state index in [-0.39, 0.29) is 17.3 Å². The quantitative estimate of drug-likeness (QED) is 0.673. The lowest BCUT2D eigenvalue weighted by molar-refractivity contribution is -0.141. The van der Waals surface area contributed by atoms with E-state index in [1.54, 1.807) is 12.1 Å². The van der Waals surface area contributed by atoms with Gasteiger partial charge in [0, 0.05) is 24.3 Å². The number of carbonyl (C=O) groups excluding carboxylic acids is 1. The fourth-order valence-electron chi connectivity index (χ4n) is 4.92.